The number of fused-ring (bicyclic) bond motifs is 1. The van der Waals surface area contributed by atoms with Gasteiger partial charge in [0, 0.05) is 0 Å². The fraction of sp³-hybridized carbons (Fsp3) is 0.583. The highest BCUT2D eigenvalue weighted by atomic mass is 19.3. The van der Waals surface area contributed by atoms with Gasteiger partial charge >= 0.3 is 0 Å². The molecule has 0 bridgehead atoms. The zero-order valence-corrected chi connectivity index (χ0v) is 11.8. The minimum atomic E-state index is -3.19. The minimum absolute atomic E-state index is 0.285. The van der Waals surface area contributed by atoms with Crippen LogP contribution < -0.4 is 0 Å². The van der Waals surface area contributed by atoms with E-state index in [0.29, 0.717) is 0 Å². The van der Waals surface area contributed by atoms with Gasteiger partial charge in [-0.25, -0.2) is 32.2 Å². The minimum Gasteiger partial charge on any atom is -0.394 e. The summed E-state index contributed by atoms with van der Waals surface area (Å²) < 4.78 is 57.8. The smallest absolute Gasteiger partial charge is 0.297 e. The number of alkyl halides is 4. The fourth-order valence-corrected chi connectivity index (χ4v) is 2.50. The molecule has 0 radical (unpaired) electrons. The summed E-state index contributed by atoms with van der Waals surface area (Å²) in [5.41, 5.74) is -1.32. The number of hydrogen-bond donors (Lipinski definition) is 3. The zero-order chi connectivity index (χ0) is 17.6. The summed E-state index contributed by atoms with van der Waals surface area (Å²) in [6.45, 7) is -0.618. The number of halogens is 4. The average molecular weight is 352 g/mol. The standard InChI is InChI=1S/C12H12F4N4O4/c13-8(14)5-3-1-17-20(11(3)19-10(18-5)9(15)16)12-7(23)6(22)4(2-21)24-12/h1,4,6-9,12,21-23H,2H2/t4-,6-,7-,12-/m1/s1. The van der Waals surface area contributed by atoms with Crippen LogP contribution in [0.2, 0.25) is 0 Å². The zero-order valence-electron chi connectivity index (χ0n) is 11.8. The van der Waals surface area contributed by atoms with Gasteiger partial charge in [0.25, 0.3) is 12.9 Å². The highest BCUT2D eigenvalue weighted by Crippen LogP contribution is 2.33. The number of rotatable bonds is 4. The van der Waals surface area contributed by atoms with Gasteiger partial charge in [0.15, 0.2) is 17.7 Å². The average Bonchev–Trinajstić information content (AvgIpc) is 3.08. The van der Waals surface area contributed by atoms with Gasteiger partial charge in [-0.15, -0.1) is 0 Å². The Morgan fingerprint density at radius 1 is 1.12 bits per heavy atom. The molecule has 1 aliphatic heterocycles. The summed E-state index contributed by atoms with van der Waals surface area (Å²) >= 11 is 0. The lowest BCUT2D eigenvalue weighted by molar-refractivity contribution is -0.0567. The van der Waals surface area contributed by atoms with E-state index in [-0.39, 0.29) is 5.39 Å². The van der Waals surface area contributed by atoms with Gasteiger partial charge < -0.3 is 20.1 Å². The van der Waals surface area contributed by atoms with Crippen LogP contribution in [0.25, 0.3) is 11.0 Å². The molecular weight excluding hydrogens is 340 g/mol. The molecule has 2 aromatic rings. The predicted octanol–water partition coefficient (Wildman–Crippen LogP) is 0.313. The maximum absolute atomic E-state index is 13.1. The molecule has 1 saturated heterocycles. The number of hydrogen-bond acceptors (Lipinski definition) is 7. The maximum Gasteiger partial charge on any atom is 0.297 e. The lowest BCUT2D eigenvalue weighted by Gasteiger charge is -2.16. The van der Waals surface area contributed by atoms with E-state index < -0.39 is 61.2 Å². The molecule has 0 spiro atoms. The molecule has 0 saturated carbocycles. The summed E-state index contributed by atoms with van der Waals surface area (Å²) in [7, 11) is 0. The highest BCUT2D eigenvalue weighted by molar-refractivity contribution is 5.77. The second-order valence-corrected chi connectivity index (χ2v) is 5.12. The van der Waals surface area contributed by atoms with Crippen LogP contribution in [-0.2, 0) is 4.74 Å². The molecular formula is C12H12F4N4O4. The second kappa shape index (κ2) is 6.20. The van der Waals surface area contributed by atoms with Gasteiger partial charge in [-0.2, -0.15) is 5.10 Å². The van der Waals surface area contributed by atoms with Gasteiger partial charge in [-0.1, -0.05) is 0 Å². The summed E-state index contributed by atoms with van der Waals surface area (Å²) in [6, 6.07) is 0. The van der Waals surface area contributed by atoms with E-state index >= 15 is 0 Å². The normalized spacial score (nSPS) is 27.7. The van der Waals surface area contributed by atoms with Crippen LogP contribution in [0, 0.1) is 0 Å². The van der Waals surface area contributed by atoms with Crippen LogP contribution in [0.4, 0.5) is 17.6 Å². The Morgan fingerprint density at radius 2 is 1.83 bits per heavy atom. The topological polar surface area (TPSA) is 114 Å². The quantitative estimate of drug-likeness (QED) is 0.679. The predicted molar refractivity (Wildman–Crippen MR) is 68.2 cm³/mol. The molecule has 1 aliphatic rings. The van der Waals surface area contributed by atoms with Crippen LogP contribution in [0.1, 0.15) is 30.6 Å². The van der Waals surface area contributed by atoms with Crippen molar-refractivity contribution in [3.63, 3.8) is 0 Å². The summed E-state index contributed by atoms with van der Waals surface area (Å²) in [5, 5.41) is 32.2. The second-order valence-electron chi connectivity index (χ2n) is 5.12. The summed E-state index contributed by atoms with van der Waals surface area (Å²) in [6.07, 6.45) is -11.0. The fourth-order valence-electron chi connectivity index (χ4n) is 2.50. The van der Waals surface area contributed by atoms with Crippen LogP contribution >= 0.6 is 0 Å². The largest absolute Gasteiger partial charge is 0.394 e. The molecule has 132 valence electrons. The van der Waals surface area contributed by atoms with E-state index in [9.17, 15) is 27.8 Å². The van der Waals surface area contributed by atoms with E-state index in [1.807, 2.05) is 0 Å². The van der Waals surface area contributed by atoms with Crippen molar-refractivity contribution >= 4 is 11.0 Å². The molecule has 3 N–H and O–H groups in total. The molecule has 24 heavy (non-hydrogen) atoms. The Kier molecular flexibility index (Phi) is 4.38. The first-order valence-corrected chi connectivity index (χ1v) is 6.79. The van der Waals surface area contributed by atoms with Gasteiger partial charge in [0.1, 0.15) is 24.0 Å². The van der Waals surface area contributed by atoms with Crippen molar-refractivity contribution in [2.45, 2.75) is 37.4 Å². The molecule has 1 fully saturated rings. The van der Waals surface area contributed by atoms with Crippen molar-refractivity contribution in [2.75, 3.05) is 6.61 Å². The summed E-state index contributed by atoms with van der Waals surface area (Å²) in [5.74, 6) is -1.12. The lowest BCUT2D eigenvalue weighted by Crippen LogP contribution is -2.33. The van der Waals surface area contributed by atoms with E-state index in [4.69, 9.17) is 9.84 Å². The van der Waals surface area contributed by atoms with Crippen molar-refractivity contribution in [1.82, 2.24) is 19.7 Å². The monoisotopic (exact) mass is 352 g/mol. The Balaban J connectivity index is 2.13. The number of aromatic nitrogens is 4. The van der Waals surface area contributed by atoms with Crippen LogP contribution in [0.5, 0.6) is 0 Å². The van der Waals surface area contributed by atoms with Gasteiger partial charge in [0.2, 0.25) is 0 Å². The van der Waals surface area contributed by atoms with Gasteiger partial charge in [0.05, 0.1) is 18.2 Å². The molecule has 0 unspecified atom stereocenters. The van der Waals surface area contributed by atoms with E-state index in [0.717, 1.165) is 10.9 Å². The highest BCUT2D eigenvalue weighted by Gasteiger charge is 2.44. The maximum atomic E-state index is 13.1. The first-order valence-electron chi connectivity index (χ1n) is 6.79. The van der Waals surface area contributed by atoms with Gasteiger partial charge in [-0.3, -0.25) is 0 Å². The van der Waals surface area contributed by atoms with Crippen molar-refractivity contribution in [2.24, 2.45) is 0 Å². The molecule has 8 nitrogen and oxygen atoms in total. The van der Waals surface area contributed by atoms with E-state index in [1.165, 1.54) is 0 Å². The van der Waals surface area contributed by atoms with E-state index in [2.05, 4.69) is 15.1 Å². The molecule has 0 aliphatic carbocycles. The third kappa shape index (κ3) is 2.60. The third-order valence-electron chi connectivity index (χ3n) is 3.66. The molecule has 3 heterocycles. The third-order valence-corrected chi connectivity index (χ3v) is 3.66. The van der Waals surface area contributed by atoms with Crippen LogP contribution in [0.3, 0.4) is 0 Å². The molecule has 12 heteroatoms. The van der Waals surface area contributed by atoms with Crippen molar-refractivity contribution in [3.8, 4) is 0 Å². The van der Waals surface area contributed by atoms with Crippen LogP contribution in [0.15, 0.2) is 6.20 Å². The Labute approximate surface area is 131 Å². The van der Waals surface area contributed by atoms with E-state index in [1.54, 1.807) is 0 Å². The Bertz CT molecular complexity index is 743. The molecule has 4 atom stereocenters. The summed E-state index contributed by atoms with van der Waals surface area (Å²) in [4.78, 5) is 6.65. The molecule has 3 rings (SSSR count). The van der Waals surface area contributed by atoms with Crippen LogP contribution in [-0.4, -0.2) is 60.0 Å². The Morgan fingerprint density at radius 3 is 2.38 bits per heavy atom. The molecule has 0 amide bonds. The molecule has 0 aromatic carbocycles. The number of nitrogens with zero attached hydrogens (tertiary/aromatic N) is 4. The number of aliphatic hydroxyl groups excluding tert-OH is 3. The molecule has 2 aromatic heterocycles. The lowest BCUT2D eigenvalue weighted by atomic mass is 10.1. The van der Waals surface area contributed by atoms with Crippen molar-refractivity contribution in [3.05, 3.63) is 17.7 Å². The number of aliphatic hydroxyl groups is 3. The van der Waals surface area contributed by atoms with Gasteiger partial charge in [-0.05, 0) is 0 Å². The first-order chi connectivity index (χ1) is 11.3. The Hall–Kier alpha value is -1.89. The van der Waals surface area contributed by atoms with Crippen molar-refractivity contribution in [1.29, 1.82) is 0 Å². The SMILES string of the molecule is OC[C@H]1O[C@@H](n2ncc3c(C(F)F)nc(C(F)F)nc32)[C@H](O)[C@@H]1O. The first kappa shape index (κ1) is 17.0. The van der Waals surface area contributed by atoms with Crippen molar-refractivity contribution < 1.29 is 37.6 Å². The number of ether oxygens (including phenoxy) is 1.